The van der Waals surface area contributed by atoms with Crippen molar-refractivity contribution in [3.63, 3.8) is 0 Å². The molecule has 4 nitrogen and oxygen atoms in total. The summed E-state index contributed by atoms with van der Waals surface area (Å²) in [5.41, 5.74) is 0. The van der Waals surface area contributed by atoms with Crippen LogP contribution >= 0.6 is 11.3 Å². The molecule has 1 amide bonds. The van der Waals surface area contributed by atoms with Crippen LogP contribution in [0.5, 0.6) is 5.75 Å². The van der Waals surface area contributed by atoms with Crippen LogP contribution in [0.4, 0.5) is 0 Å². The fraction of sp³-hybridized carbons (Fsp3) is 0.643. The van der Waals surface area contributed by atoms with Crippen molar-refractivity contribution in [2.75, 3.05) is 20.2 Å². The lowest BCUT2D eigenvalue weighted by atomic mass is 10.1. The maximum atomic E-state index is 12.8. The van der Waals surface area contributed by atoms with Crippen molar-refractivity contribution >= 4 is 17.2 Å². The Morgan fingerprint density at radius 3 is 3.00 bits per heavy atom. The van der Waals surface area contributed by atoms with Gasteiger partial charge in [-0.2, -0.15) is 0 Å². The van der Waals surface area contributed by atoms with Crippen molar-refractivity contribution < 1.29 is 9.53 Å². The molecule has 2 bridgehead atoms. The molecule has 1 N–H and O–H groups in total. The van der Waals surface area contributed by atoms with Crippen LogP contribution in [0.15, 0.2) is 6.07 Å². The predicted molar refractivity (Wildman–Crippen MR) is 76.1 cm³/mol. The van der Waals surface area contributed by atoms with Gasteiger partial charge in [-0.3, -0.25) is 4.79 Å². The number of fused-ring (bicyclic) bond motifs is 2. The van der Waals surface area contributed by atoms with E-state index in [1.807, 2.05) is 13.0 Å². The molecule has 0 aromatic carbocycles. The van der Waals surface area contributed by atoms with Crippen LogP contribution in [0.25, 0.3) is 0 Å². The summed E-state index contributed by atoms with van der Waals surface area (Å²) in [7, 11) is 1.64. The van der Waals surface area contributed by atoms with Gasteiger partial charge in [-0.05, 0) is 38.8 Å². The number of nitrogens with zero attached hydrogens (tertiary/aromatic N) is 1. The van der Waals surface area contributed by atoms with Gasteiger partial charge < -0.3 is 15.0 Å². The lowest BCUT2D eigenvalue weighted by molar-refractivity contribution is 0.0682. The Kier molecular flexibility index (Phi) is 3.50. The zero-order valence-electron chi connectivity index (χ0n) is 11.4. The number of thiophene rings is 1. The first-order chi connectivity index (χ1) is 9.20. The maximum absolute atomic E-state index is 12.8. The van der Waals surface area contributed by atoms with Crippen molar-refractivity contribution in [3.8, 4) is 5.75 Å². The zero-order chi connectivity index (χ0) is 13.4. The number of rotatable bonds is 2. The van der Waals surface area contributed by atoms with E-state index in [1.165, 1.54) is 0 Å². The molecule has 3 heterocycles. The summed E-state index contributed by atoms with van der Waals surface area (Å²) in [5, 5.41) is 3.43. The highest BCUT2D eigenvalue weighted by Gasteiger charge is 2.39. The molecule has 2 aliphatic rings. The van der Waals surface area contributed by atoms with Crippen LogP contribution in [0.1, 0.15) is 33.8 Å². The molecule has 2 fully saturated rings. The number of aryl methyl sites for hydroxylation is 1. The number of ether oxygens (including phenoxy) is 1. The first kappa shape index (κ1) is 12.9. The van der Waals surface area contributed by atoms with Gasteiger partial charge in [-0.15, -0.1) is 11.3 Å². The Labute approximate surface area is 117 Å². The minimum Gasteiger partial charge on any atom is -0.495 e. The zero-order valence-corrected chi connectivity index (χ0v) is 12.3. The Hall–Kier alpha value is -1.07. The van der Waals surface area contributed by atoms with E-state index in [4.69, 9.17) is 4.74 Å². The molecule has 0 radical (unpaired) electrons. The number of hydrogen-bond donors (Lipinski definition) is 1. The summed E-state index contributed by atoms with van der Waals surface area (Å²) < 4.78 is 5.35. The standard InChI is InChI=1S/C14H20N2O2S/c1-9-7-12(18-2)13(19-9)14(17)16-10-3-4-11(16)8-15-6-5-10/h7,10-11,15H,3-6,8H2,1-2H3. The van der Waals surface area contributed by atoms with Gasteiger partial charge in [0.25, 0.3) is 5.91 Å². The quantitative estimate of drug-likeness (QED) is 0.901. The summed E-state index contributed by atoms with van der Waals surface area (Å²) in [6.45, 7) is 3.96. The molecule has 104 valence electrons. The summed E-state index contributed by atoms with van der Waals surface area (Å²) in [6.07, 6.45) is 3.33. The number of amides is 1. The lowest BCUT2D eigenvalue weighted by Crippen LogP contribution is -2.42. The topological polar surface area (TPSA) is 41.6 Å². The van der Waals surface area contributed by atoms with Gasteiger partial charge in [0.1, 0.15) is 10.6 Å². The fourth-order valence-corrected chi connectivity index (χ4v) is 4.15. The first-order valence-corrected chi connectivity index (χ1v) is 7.70. The van der Waals surface area contributed by atoms with Crippen molar-refractivity contribution in [2.24, 2.45) is 0 Å². The highest BCUT2D eigenvalue weighted by atomic mass is 32.1. The van der Waals surface area contributed by atoms with Gasteiger partial charge in [-0.1, -0.05) is 0 Å². The summed E-state index contributed by atoms with van der Waals surface area (Å²) in [6, 6.07) is 2.71. The third-order valence-corrected chi connectivity index (χ3v) is 5.14. The molecule has 19 heavy (non-hydrogen) atoms. The highest BCUT2D eigenvalue weighted by molar-refractivity contribution is 7.14. The summed E-state index contributed by atoms with van der Waals surface area (Å²) >= 11 is 1.54. The highest BCUT2D eigenvalue weighted by Crippen LogP contribution is 2.35. The van der Waals surface area contributed by atoms with Gasteiger partial charge >= 0.3 is 0 Å². The van der Waals surface area contributed by atoms with Gasteiger partial charge in [0, 0.05) is 23.5 Å². The number of hydrogen-bond acceptors (Lipinski definition) is 4. The maximum Gasteiger partial charge on any atom is 0.268 e. The molecule has 3 rings (SSSR count). The van der Waals surface area contributed by atoms with E-state index >= 15 is 0 Å². The van der Waals surface area contributed by atoms with E-state index in [-0.39, 0.29) is 5.91 Å². The fourth-order valence-electron chi connectivity index (χ4n) is 3.22. The van der Waals surface area contributed by atoms with Crippen LogP contribution in [0.3, 0.4) is 0 Å². The van der Waals surface area contributed by atoms with E-state index in [0.29, 0.717) is 12.1 Å². The SMILES string of the molecule is COc1cc(C)sc1C(=O)N1C2CCNCC1CC2. The monoisotopic (exact) mass is 280 g/mol. The van der Waals surface area contributed by atoms with Crippen molar-refractivity contribution in [3.05, 3.63) is 15.8 Å². The van der Waals surface area contributed by atoms with Crippen molar-refractivity contribution in [2.45, 2.75) is 38.3 Å². The molecule has 2 saturated heterocycles. The summed E-state index contributed by atoms with van der Waals surface area (Å²) in [4.78, 5) is 16.8. The van der Waals surface area contributed by atoms with E-state index < -0.39 is 0 Å². The van der Waals surface area contributed by atoms with Crippen LogP contribution in [-0.4, -0.2) is 43.1 Å². The summed E-state index contributed by atoms with van der Waals surface area (Å²) in [5.74, 6) is 0.884. The Balaban J connectivity index is 1.90. The van der Waals surface area contributed by atoms with E-state index in [9.17, 15) is 4.79 Å². The number of carbonyl (C=O) groups excluding carboxylic acids is 1. The minimum atomic E-state index is 0.158. The van der Waals surface area contributed by atoms with Crippen LogP contribution in [0, 0.1) is 6.92 Å². The second-order valence-electron chi connectivity index (χ2n) is 5.34. The van der Waals surface area contributed by atoms with E-state index in [0.717, 1.165) is 47.9 Å². The Morgan fingerprint density at radius 2 is 2.21 bits per heavy atom. The Bertz CT molecular complexity index is 472. The Morgan fingerprint density at radius 1 is 1.42 bits per heavy atom. The van der Waals surface area contributed by atoms with Gasteiger partial charge in [0.15, 0.2) is 0 Å². The van der Waals surface area contributed by atoms with E-state index in [2.05, 4.69) is 10.2 Å². The predicted octanol–water partition coefficient (Wildman–Crippen LogP) is 2.03. The molecule has 0 aliphatic carbocycles. The van der Waals surface area contributed by atoms with Crippen LogP contribution < -0.4 is 10.1 Å². The first-order valence-electron chi connectivity index (χ1n) is 6.88. The second kappa shape index (κ2) is 5.13. The molecule has 1 aromatic rings. The number of nitrogens with one attached hydrogen (secondary N) is 1. The number of methoxy groups -OCH3 is 1. The molecular formula is C14H20N2O2S. The van der Waals surface area contributed by atoms with Gasteiger partial charge in [-0.25, -0.2) is 0 Å². The second-order valence-corrected chi connectivity index (χ2v) is 6.60. The lowest BCUT2D eigenvalue weighted by Gasteiger charge is -2.27. The van der Waals surface area contributed by atoms with Crippen LogP contribution in [0.2, 0.25) is 0 Å². The largest absolute Gasteiger partial charge is 0.495 e. The number of carbonyl (C=O) groups is 1. The minimum absolute atomic E-state index is 0.158. The van der Waals surface area contributed by atoms with Crippen molar-refractivity contribution in [1.82, 2.24) is 10.2 Å². The van der Waals surface area contributed by atoms with Gasteiger partial charge in [0.05, 0.1) is 7.11 Å². The molecule has 2 unspecified atom stereocenters. The van der Waals surface area contributed by atoms with Crippen molar-refractivity contribution in [1.29, 1.82) is 0 Å². The molecule has 2 aliphatic heterocycles. The average Bonchev–Trinajstić information content (AvgIpc) is 2.87. The third-order valence-electron chi connectivity index (χ3n) is 4.12. The molecule has 0 spiro atoms. The molecule has 5 heteroatoms. The average molecular weight is 280 g/mol. The van der Waals surface area contributed by atoms with E-state index in [1.54, 1.807) is 18.4 Å². The smallest absolute Gasteiger partial charge is 0.268 e. The molecular weight excluding hydrogens is 260 g/mol. The van der Waals surface area contributed by atoms with Gasteiger partial charge in [0.2, 0.25) is 0 Å². The normalized spacial score (nSPS) is 26.3. The molecule has 1 aromatic heterocycles. The third kappa shape index (κ3) is 2.25. The molecule has 0 saturated carbocycles. The van der Waals surface area contributed by atoms with Crippen LogP contribution in [-0.2, 0) is 0 Å². The molecule has 2 atom stereocenters.